The molecule has 1 unspecified atom stereocenters. The minimum Gasteiger partial charge on any atom is -0.354 e. The number of aromatic amines is 1. The minimum absolute atomic E-state index is 0.407. The first-order valence-corrected chi connectivity index (χ1v) is 7.11. The summed E-state index contributed by atoms with van der Waals surface area (Å²) < 4.78 is 0. The van der Waals surface area contributed by atoms with Crippen molar-refractivity contribution in [3.63, 3.8) is 0 Å². The molecule has 1 aliphatic heterocycles. The smallest absolute Gasteiger partial charge is 0.182 e. The Labute approximate surface area is 113 Å². The van der Waals surface area contributed by atoms with E-state index in [-0.39, 0.29) is 0 Å². The maximum atomic E-state index is 4.47. The van der Waals surface area contributed by atoms with Crippen LogP contribution in [0.5, 0.6) is 0 Å². The first-order valence-electron chi connectivity index (χ1n) is 7.11. The second-order valence-electron chi connectivity index (χ2n) is 5.88. The standard InChI is InChI=1S/C14H21N5/c1-3-5-14(2)6-4-7-19(8-14)13-11-12(16-9-15-11)17-10-18-13/h9-10H,3-8H2,1-2H3,(H,15,16,17,18). The van der Waals surface area contributed by atoms with E-state index in [1.165, 1.54) is 25.7 Å². The van der Waals surface area contributed by atoms with Gasteiger partial charge in [0.1, 0.15) is 11.8 Å². The average Bonchev–Trinajstić information content (AvgIpc) is 2.86. The topological polar surface area (TPSA) is 57.7 Å². The summed E-state index contributed by atoms with van der Waals surface area (Å²) >= 11 is 0. The number of anilines is 1. The average molecular weight is 259 g/mol. The van der Waals surface area contributed by atoms with Gasteiger partial charge in [-0.1, -0.05) is 20.3 Å². The molecule has 2 aromatic rings. The number of aromatic nitrogens is 4. The summed E-state index contributed by atoms with van der Waals surface area (Å²) in [6.07, 6.45) is 8.38. The van der Waals surface area contributed by atoms with Crippen LogP contribution in [0.3, 0.4) is 0 Å². The molecule has 0 aliphatic carbocycles. The lowest BCUT2D eigenvalue weighted by atomic mass is 9.78. The Morgan fingerprint density at radius 3 is 3.11 bits per heavy atom. The Morgan fingerprint density at radius 1 is 1.37 bits per heavy atom. The molecule has 5 nitrogen and oxygen atoms in total. The molecule has 1 saturated heterocycles. The van der Waals surface area contributed by atoms with Crippen molar-refractivity contribution >= 4 is 17.0 Å². The summed E-state index contributed by atoms with van der Waals surface area (Å²) in [4.78, 5) is 18.4. The Hall–Kier alpha value is -1.65. The van der Waals surface area contributed by atoms with Crippen LogP contribution in [-0.4, -0.2) is 33.0 Å². The van der Waals surface area contributed by atoms with Gasteiger partial charge in [-0.3, -0.25) is 0 Å². The first-order chi connectivity index (χ1) is 9.22. The van der Waals surface area contributed by atoms with Gasteiger partial charge in [0, 0.05) is 13.1 Å². The molecule has 5 heteroatoms. The molecule has 0 bridgehead atoms. The van der Waals surface area contributed by atoms with Gasteiger partial charge in [-0.05, 0) is 24.7 Å². The lowest BCUT2D eigenvalue weighted by Crippen LogP contribution is -2.42. The molecule has 0 spiro atoms. The van der Waals surface area contributed by atoms with Crippen molar-refractivity contribution < 1.29 is 0 Å². The highest BCUT2D eigenvalue weighted by molar-refractivity contribution is 5.82. The highest BCUT2D eigenvalue weighted by Gasteiger charge is 2.31. The number of hydrogen-bond acceptors (Lipinski definition) is 4. The highest BCUT2D eigenvalue weighted by atomic mass is 15.2. The molecule has 2 aromatic heterocycles. The van der Waals surface area contributed by atoms with Crippen LogP contribution in [-0.2, 0) is 0 Å². The van der Waals surface area contributed by atoms with Gasteiger partial charge in [-0.15, -0.1) is 0 Å². The maximum absolute atomic E-state index is 4.47. The predicted octanol–water partition coefficient (Wildman–Crippen LogP) is 2.76. The fourth-order valence-electron chi connectivity index (χ4n) is 3.30. The van der Waals surface area contributed by atoms with Crippen LogP contribution >= 0.6 is 0 Å². The summed E-state index contributed by atoms with van der Waals surface area (Å²) in [6.45, 7) is 6.81. The van der Waals surface area contributed by atoms with E-state index in [9.17, 15) is 0 Å². The highest BCUT2D eigenvalue weighted by Crippen LogP contribution is 2.36. The summed E-state index contributed by atoms with van der Waals surface area (Å²) in [5.41, 5.74) is 2.13. The van der Waals surface area contributed by atoms with Gasteiger partial charge in [0.05, 0.1) is 6.33 Å². The van der Waals surface area contributed by atoms with Crippen LogP contribution in [0, 0.1) is 5.41 Å². The molecule has 0 radical (unpaired) electrons. The molecular weight excluding hydrogens is 238 g/mol. The summed E-state index contributed by atoms with van der Waals surface area (Å²) in [5, 5.41) is 0. The second kappa shape index (κ2) is 4.79. The molecule has 0 saturated carbocycles. The minimum atomic E-state index is 0.407. The van der Waals surface area contributed by atoms with Gasteiger partial charge < -0.3 is 9.88 Å². The Morgan fingerprint density at radius 2 is 2.26 bits per heavy atom. The summed E-state index contributed by atoms with van der Waals surface area (Å²) in [6, 6.07) is 0. The molecule has 1 N–H and O–H groups in total. The van der Waals surface area contributed by atoms with E-state index < -0.39 is 0 Å². The van der Waals surface area contributed by atoms with Gasteiger partial charge >= 0.3 is 0 Å². The van der Waals surface area contributed by atoms with Crippen molar-refractivity contribution in [2.24, 2.45) is 5.41 Å². The molecule has 0 amide bonds. The van der Waals surface area contributed by atoms with E-state index in [4.69, 9.17) is 0 Å². The fourth-order valence-corrected chi connectivity index (χ4v) is 3.30. The molecular formula is C14H21N5. The SMILES string of the molecule is CCCC1(C)CCCN(c2ncnc3nc[nH]c23)C1. The van der Waals surface area contributed by atoms with E-state index in [0.29, 0.717) is 5.41 Å². The molecule has 1 atom stereocenters. The molecule has 3 heterocycles. The lowest BCUT2D eigenvalue weighted by molar-refractivity contribution is 0.238. The van der Waals surface area contributed by atoms with E-state index in [1.807, 2.05) is 0 Å². The predicted molar refractivity (Wildman–Crippen MR) is 76.1 cm³/mol. The number of rotatable bonds is 3. The molecule has 1 aliphatic rings. The van der Waals surface area contributed by atoms with Gasteiger partial charge in [-0.25, -0.2) is 15.0 Å². The largest absolute Gasteiger partial charge is 0.354 e. The number of hydrogen-bond donors (Lipinski definition) is 1. The quantitative estimate of drug-likeness (QED) is 0.920. The third-order valence-electron chi connectivity index (χ3n) is 4.14. The number of nitrogens with one attached hydrogen (secondary N) is 1. The van der Waals surface area contributed by atoms with Crippen LogP contribution in [0.15, 0.2) is 12.7 Å². The number of fused-ring (bicyclic) bond motifs is 1. The van der Waals surface area contributed by atoms with Gasteiger partial charge in [0.15, 0.2) is 11.5 Å². The van der Waals surface area contributed by atoms with Gasteiger partial charge in [0.25, 0.3) is 0 Å². The lowest BCUT2D eigenvalue weighted by Gasteiger charge is -2.41. The maximum Gasteiger partial charge on any atom is 0.182 e. The van der Waals surface area contributed by atoms with Crippen molar-refractivity contribution in [1.29, 1.82) is 0 Å². The van der Waals surface area contributed by atoms with Gasteiger partial charge in [0.2, 0.25) is 0 Å². The Kier molecular flexibility index (Phi) is 3.12. The third kappa shape index (κ3) is 2.29. The van der Waals surface area contributed by atoms with Crippen molar-refractivity contribution in [3.05, 3.63) is 12.7 Å². The molecule has 3 rings (SSSR count). The van der Waals surface area contributed by atoms with Crippen LogP contribution in [0.1, 0.15) is 39.5 Å². The van der Waals surface area contributed by atoms with Crippen molar-refractivity contribution in [1.82, 2.24) is 19.9 Å². The Bertz CT molecular complexity index is 560. The van der Waals surface area contributed by atoms with E-state index >= 15 is 0 Å². The number of H-pyrrole nitrogens is 1. The molecule has 19 heavy (non-hydrogen) atoms. The van der Waals surface area contributed by atoms with Crippen LogP contribution < -0.4 is 4.90 Å². The van der Waals surface area contributed by atoms with E-state index in [1.54, 1.807) is 12.7 Å². The van der Waals surface area contributed by atoms with Crippen LogP contribution in [0.25, 0.3) is 11.2 Å². The number of imidazole rings is 1. The van der Waals surface area contributed by atoms with Crippen LogP contribution in [0.4, 0.5) is 5.82 Å². The molecule has 0 aromatic carbocycles. The van der Waals surface area contributed by atoms with E-state index in [0.717, 1.165) is 30.1 Å². The molecule has 102 valence electrons. The fraction of sp³-hybridized carbons (Fsp3) is 0.643. The summed E-state index contributed by atoms with van der Waals surface area (Å²) in [5.74, 6) is 1.00. The first kappa shape index (κ1) is 12.4. The van der Waals surface area contributed by atoms with Gasteiger partial charge in [-0.2, -0.15) is 0 Å². The van der Waals surface area contributed by atoms with Crippen LogP contribution in [0.2, 0.25) is 0 Å². The van der Waals surface area contributed by atoms with E-state index in [2.05, 4.69) is 38.7 Å². The monoisotopic (exact) mass is 259 g/mol. The normalized spacial score (nSPS) is 24.0. The number of piperidine rings is 1. The number of nitrogens with zero attached hydrogens (tertiary/aromatic N) is 4. The van der Waals surface area contributed by atoms with Crippen molar-refractivity contribution in [3.8, 4) is 0 Å². The summed E-state index contributed by atoms with van der Waals surface area (Å²) in [7, 11) is 0. The third-order valence-corrected chi connectivity index (χ3v) is 4.14. The zero-order valence-electron chi connectivity index (χ0n) is 11.7. The second-order valence-corrected chi connectivity index (χ2v) is 5.88. The zero-order chi connectivity index (χ0) is 13.3. The zero-order valence-corrected chi connectivity index (χ0v) is 11.7. The van der Waals surface area contributed by atoms with Crippen molar-refractivity contribution in [2.75, 3.05) is 18.0 Å². The molecule has 1 fully saturated rings. The van der Waals surface area contributed by atoms with Crippen molar-refractivity contribution in [2.45, 2.75) is 39.5 Å². The Balaban J connectivity index is 1.91.